The van der Waals surface area contributed by atoms with Gasteiger partial charge in [-0.3, -0.25) is 19.3 Å². The van der Waals surface area contributed by atoms with Crippen molar-refractivity contribution >= 4 is 29.5 Å². The number of carbonyl (C=O) groups excluding carboxylic acids is 4. The van der Waals surface area contributed by atoms with E-state index in [0.29, 0.717) is 23.4 Å². The van der Waals surface area contributed by atoms with Gasteiger partial charge >= 0.3 is 5.97 Å². The predicted octanol–water partition coefficient (Wildman–Crippen LogP) is 2.64. The molecule has 3 amide bonds. The number of amides is 3. The summed E-state index contributed by atoms with van der Waals surface area (Å²) in [5, 5.41) is 12.2. The van der Waals surface area contributed by atoms with Crippen molar-refractivity contribution in [3.63, 3.8) is 0 Å². The summed E-state index contributed by atoms with van der Waals surface area (Å²) in [4.78, 5) is 50.1. The van der Waals surface area contributed by atoms with Crippen molar-refractivity contribution in [3.05, 3.63) is 75.9 Å². The van der Waals surface area contributed by atoms with Gasteiger partial charge in [-0.15, -0.1) is 0 Å². The number of hydrogen-bond acceptors (Lipinski definition) is 7. The van der Waals surface area contributed by atoms with Crippen molar-refractivity contribution in [2.45, 2.75) is 20.4 Å². The highest BCUT2D eigenvalue weighted by Crippen LogP contribution is 2.27. The van der Waals surface area contributed by atoms with Gasteiger partial charge in [-0.05, 0) is 49.7 Å². The Hall–Kier alpha value is -4.65. The van der Waals surface area contributed by atoms with Crippen LogP contribution in [0.2, 0.25) is 0 Å². The number of fused-ring (bicyclic) bond motifs is 1. The van der Waals surface area contributed by atoms with E-state index in [1.54, 1.807) is 23.6 Å². The number of nitrogens with one attached hydrogen (secondary N) is 1. The van der Waals surface area contributed by atoms with Crippen LogP contribution < -0.4 is 5.32 Å². The Labute approximate surface area is 194 Å². The van der Waals surface area contributed by atoms with E-state index >= 15 is 0 Å². The smallest absolute Gasteiger partial charge is 0.338 e. The van der Waals surface area contributed by atoms with Gasteiger partial charge < -0.3 is 19.0 Å². The summed E-state index contributed by atoms with van der Waals surface area (Å²) < 4.78 is 12.2. The minimum atomic E-state index is -0.827. The first kappa shape index (κ1) is 22.5. The van der Waals surface area contributed by atoms with Crippen LogP contribution in [0, 0.1) is 25.2 Å². The molecule has 0 atom stereocenters. The standard InChI is InChI=1S/C24H20N4O6/c1-13-14(2)28(11-16-5-4-8-33-16)21(19(13)10-25)26-20(29)12-34-24(32)15-6-7-17-18(9-15)23(31)27(3)22(17)30/h4-9H,11-12H2,1-3H3,(H,26,29). The predicted molar refractivity (Wildman–Crippen MR) is 118 cm³/mol. The summed E-state index contributed by atoms with van der Waals surface area (Å²) in [6.45, 7) is 3.29. The average molecular weight is 460 g/mol. The number of hydrogen-bond donors (Lipinski definition) is 1. The molecule has 1 aliphatic rings. The number of ether oxygens (including phenoxy) is 1. The van der Waals surface area contributed by atoms with Crippen molar-refractivity contribution in [2.24, 2.45) is 0 Å². The fraction of sp³-hybridized carbons (Fsp3) is 0.208. The van der Waals surface area contributed by atoms with E-state index in [-0.39, 0.29) is 22.5 Å². The molecule has 0 fully saturated rings. The molecule has 0 saturated heterocycles. The maximum absolute atomic E-state index is 12.6. The number of anilines is 1. The van der Waals surface area contributed by atoms with Gasteiger partial charge in [0.05, 0.1) is 35.1 Å². The molecule has 0 unspecified atom stereocenters. The first-order valence-electron chi connectivity index (χ1n) is 10.3. The lowest BCUT2D eigenvalue weighted by Crippen LogP contribution is -2.24. The second-order valence-electron chi connectivity index (χ2n) is 7.77. The van der Waals surface area contributed by atoms with Crippen LogP contribution in [0.5, 0.6) is 0 Å². The average Bonchev–Trinajstić information content (AvgIpc) is 3.48. The quantitative estimate of drug-likeness (QED) is 0.441. The van der Waals surface area contributed by atoms with Crippen LogP contribution in [0.4, 0.5) is 5.82 Å². The SMILES string of the molecule is Cc1c(C#N)c(NC(=O)COC(=O)c2ccc3c(c2)C(=O)N(C)C3=O)n(Cc2ccco2)c1C. The van der Waals surface area contributed by atoms with E-state index in [1.165, 1.54) is 31.5 Å². The largest absolute Gasteiger partial charge is 0.467 e. The summed E-state index contributed by atoms with van der Waals surface area (Å²) in [6, 6.07) is 9.63. The Morgan fingerprint density at radius 3 is 2.56 bits per heavy atom. The molecule has 10 nitrogen and oxygen atoms in total. The second-order valence-corrected chi connectivity index (χ2v) is 7.77. The van der Waals surface area contributed by atoms with Crippen molar-refractivity contribution in [3.8, 4) is 6.07 Å². The van der Waals surface area contributed by atoms with Gasteiger partial charge in [-0.2, -0.15) is 5.26 Å². The molecule has 3 heterocycles. The minimum Gasteiger partial charge on any atom is -0.467 e. The molecule has 3 aromatic rings. The lowest BCUT2D eigenvalue weighted by Gasteiger charge is -2.12. The van der Waals surface area contributed by atoms with Gasteiger partial charge in [0.2, 0.25) is 0 Å². The highest BCUT2D eigenvalue weighted by molar-refractivity contribution is 6.21. The van der Waals surface area contributed by atoms with Crippen LogP contribution in [-0.2, 0) is 16.1 Å². The molecule has 4 rings (SSSR count). The normalized spacial score (nSPS) is 12.5. The number of esters is 1. The number of nitriles is 1. The third-order valence-electron chi connectivity index (χ3n) is 5.75. The first-order valence-corrected chi connectivity index (χ1v) is 10.3. The number of nitrogens with zero attached hydrogens (tertiary/aromatic N) is 3. The number of furan rings is 1. The van der Waals surface area contributed by atoms with Gasteiger partial charge in [0.1, 0.15) is 17.6 Å². The third kappa shape index (κ3) is 3.84. The van der Waals surface area contributed by atoms with E-state index in [1.807, 2.05) is 6.92 Å². The van der Waals surface area contributed by atoms with Gasteiger partial charge in [-0.1, -0.05) is 0 Å². The maximum Gasteiger partial charge on any atom is 0.338 e. The molecule has 0 bridgehead atoms. The Balaban J connectivity index is 1.47. The topological polar surface area (TPSA) is 135 Å². The summed E-state index contributed by atoms with van der Waals surface area (Å²) in [7, 11) is 1.35. The molecule has 1 aliphatic heterocycles. The van der Waals surface area contributed by atoms with Crippen molar-refractivity contribution < 1.29 is 28.3 Å². The summed E-state index contributed by atoms with van der Waals surface area (Å²) in [5.41, 5.74) is 2.13. The van der Waals surface area contributed by atoms with Gasteiger partial charge in [0, 0.05) is 12.7 Å². The summed E-state index contributed by atoms with van der Waals surface area (Å²) >= 11 is 0. The molecule has 1 aromatic carbocycles. The maximum atomic E-state index is 12.6. The fourth-order valence-corrected chi connectivity index (χ4v) is 3.76. The fourth-order valence-electron chi connectivity index (χ4n) is 3.76. The molecule has 34 heavy (non-hydrogen) atoms. The molecule has 0 radical (unpaired) electrons. The lowest BCUT2D eigenvalue weighted by molar-refractivity contribution is -0.119. The minimum absolute atomic E-state index is 0.0357. The molecule has 1 N–H and O–H groups in total. The number of rotatable bonds is 6. The number of aromatic nitrogens is 1. The van der Waals surface area contributed by atoms with Gasteiger partial charge in [0.15, 0.2) is 6.61 Å². The summed E-state index contributed by atoms with van der Waals surface area (Å²) in [5.74, 6) is -1.52. The zero-order valence-corrected chi connectivity index (χ0v) is 18.7. The Bertz CT molecular complexity index is 1380. The third-order valence-corrected chi connectivity index (χ3v) is 5.75. The van der Waals surface area contributed by atoms with Gasteiger partial charge in [0.25, 0.3) is 17.7 Å². The Morgan fingerprint density at radius 1 is 1.15 bits per heavy atom. The van der Waals surface area contributed by atoms with E-state index < -0.39 is 30.3 Å². The van der Waals surface area contributed by atoms with Crippen LogP contribution in [0.1, 0.15) is 53.7 Å². The second kappa shape index (κ2) is 8.71. The summed E-state index contributed by atoms with van der Waals surface area (Å²) in [6.07, 6.45) is 1.53. The van der Waals surface area contributed by atoms with Crippen LogP contribution in [0.3, 0.4) is 0 Å². The van der Waals surface area contributed by atoms with Crippen molar-refractivity contribution in [2.75, 3.05) is 19.0 Å². The van der Waals surface area contributed by atoms with Crippen LogP contribution >= 0.6 is 0 Å². The van der Waals surface area contributed by atoms with E-state index in [2.05, 4.69) is 11.4 Å². The Kier molecular flexibility index (Phi) is 5.77. The molecule has 0 saturated carbocycles. The molecule has 0 spiro atoms. The monoisotopic (exact) mass is 460 g/mol. The van der Waals surface area contributed by atoms with E-state index in [4.69, 9.17) is 9.15 Å². The highest BCUT2D eigenvalue weighted by Gasteiger charge is 2.33. The molecule has 172 valence electrons. The first-order chi connectivity index (χ1) is 16.2. The van der Waals surface area contributed by atoms with Crippen LogP contribution in [0.15, 0.2) is 41.0 Å². The molecular weight excluding hydrogens is 440 g/mol. The lowest BCUT2D eigenvalue weighted by atomic mass is 10.1. The van der Waals surface area contributed by atoms with E-state index in [9.17, 15) is 24.4 Å². The molecule has 2 aromatic heterocycles. The highest BCUT2D eigenvalue weighted by atomic mass is 16.5. The molecule has 0 aliphatic carbocycles. The van der Waals surface area contributed by atoms with E-state index in [0.717, 1.165) is 10.6 Å². The zero-order valence-electron chi connectivity index (χ0n) is 18.7. The zero-order chi connectivity index (χ0) is 24.6. The number of benzene rings is 1. The van der Waals surface area contributed by atoms with Crippen molar-refractivity contribution in [1.29, 1.82) is 5.26 Å². The van der Waals surface area contributed by atoms with Gasteiger partial charge in [-0.25, -0.2) is 4.79 Å². The van der Waals surface area contributed by atoms with Crippen LogP contribution in [-0.4, -0.2) is 46.8 Å². The van der Waals surface area contributed by atoms with Crippen LogP contribution in [0.25, 0.3) is 0 Å². The Morgan fingerprint density at radius 2 is 1.88 bits per heavy atom. The number of imide groups is 1. The number of carbonyl (C=O) groups is 4. The van der Waals surface area contributed by atoms with Crippen molar-refractivity contribution in [1.82, 2.24) is 9.47 Å². The molecule has 10 heteroatoms. The molecular formula is C24H20N4O6.